The molecule has 0 spiro atoms. The number of aromatic nitrogens is 2. The van der Waals surface area contributed by atoms with Gasteiger partial charge in [0.05, 0.1) is 12.8 Å². The van der Waals surface area contributed by atoms with Crippen LogP contribution in [0.1, 0.15) is 40.5 Å². The van der Waals surface area contributed by atoms with Gasteiger partial charge in [-0.1, -0.05) is 17.3 Å². The highest BCUT2D eigenvalue weighted by molar-refractivity contribution is 5.94. The van der Waals surface area contributed by atoms with Gasteiger partial charge in [-0.3, -0.25) is 4.79 Å². The van der Waals surface area contributed by atoms with E-state index in [2.05, 4.69) is 26.8 Å². The number of nitrogens with one attached hydrogen (secondary N) is 2. The van der Waals surface area contributed by atoms with Crippen molar-refractivity contribution in [1.82, 2.24) is 20.8 Å². The molecule has 7 nitrogen and oxygen atoms in total. The van der Waals surface area contributed by atoms with Crippen LogP contribution in [0.4, 0.5) is 0 Å². The number of furan rings is 1. The number of carbonyl (C=O) groups is 1. The number of rotatable bonds is 5. The van der Waals surface area contributed by atoms with E-state index in [0.717, 1.165) is 25.9 Å². The highest BCUT2D eigenvalue weighted by atomic mass is 16.5. The molecule has 1 amide bonds. The van der Waals surface area contributed by atoms with Crippen LogP contribution in [0, 0.1) is 0 Å². The van der Waals surface area contributed by atoms with Crippen LogP contribution >= 0.6 is 0 Å². The smallest absolute Gasteiger partial charge is 0.293 e. The molecule has 1 fully saturated rings. The second kappa shape index (κ2) is 7.53. The first-order chi connectivity index (χ1) is 12.8. The van der Waals surface area contributed by atoms with Gasteiger partial charge in [-0.2, -0.15) is 4.98 Å². The van der Waals surface area contributed by atoms with Crippen LogP contribution in [0.3, 0.4) is 0 Å². The second-order valence-electron chi connectivity index (χ2n) is 6.34. The summed E-state index contributed by atoms with van der Waals surface area (Å²) < 4.78 is 10.3. The number of nitrogens with zero attached hydrogens (tertiary/aromatic N) is 2. The average Bonchev–Trinajstić information content (AvgIpc) is 3.38. The first-order valence-electron chi connectivity index (χ1n) is 8.75. The monoisotopic (exact) mass is 352 g/mol. The number of piperidine rings is 1. The van der Waals surface area contributed by atoms with E-state index < -0.39 is 0 Å². The third-order valence-electron chi connectivity index (χ3n) is 4.52. The molecule has 1 aliphatic rings. The lowest BCUT2D eigenvalue weighted by molar-refractivity contribution is 0.0949. The van der Waals surface area contributed by atoms with E-state index in [1.165, 1.54) is 11.8 Å². The zero-order chi connectivity index (χ0) is 17.8. The van der Waals surface area contributed by atoms with E-state index in [0.29, 0.717) is 29.0 Å². The summed E-state index contributed by atoms with van der Waals surface area (Å²) >= 11 is 0. The average molecular weight is 352 g/mol. The summed E-state index contributed by atoms with van der Waals surface area (Å²) in [5, 5.41) is 10.1. The summed E-state index contributed by atoms with van der Waals surface area (Å²) in [7, 11) is 0. The summed E-state index contributed by atoms with van der Waals surface area (Å²) in [6, 6.07) is 11.3. The van der Waals surface area contributed by atoms with Gasteiger partial charge in [0, 0.05) is 12.1 Å². The molecule has 4 rings (SSSR count). The second-order valence-corrected chi connectivity index (χ2v) is 6.34. The molecule has 1 aromatic carbocycles. The molecule has 3 aromatic rings. The lowest BCUT2D eigenvalue weighted by Gasteiger charge is -2.23. The number of benzene rings is 1. The summed E-state index contributed by atoms with van der Waals surface area (Å²) in [6.45, 7) is 2.23. The number of amides is 1. The summed E-state index contributed by atoms with van der Waals surface area (Å²) in [5.74, 6) is 1.51. The Morgan fingerprint density at radius 3 is 3.08 bits per heavy atom. The largest absolute Gasteiger partial charge is 0.459 e. The van der Waals surface area contributed by atoms with Gasteiger partial charge in [-0.15, -0.1) is 0 Å². The fourth-order valence-electron chi connectivity index (χ4n) is 3.16. The van der Waals surface area contributed by atoms with Crippen molar-refractivity contribution in [2.24, 2.45) is 0 Å². The van der Waals surface area contributed by atoms with Gasteiger partial charge in [0.15, 0.2) is 11.6 Å². The van der Waals surface area contributed by atoms with Crippen LogP contribution in [0.25, 0.3) is 11.7 Å². The third kappa shape index (κ3) is 3.67. The molecule has 1 aliphatic heterocycles. The Bertz CT molecular complexity index is 867. The molecule has 0 radical (unpaired) electrons. The molecule has 0 saturated carbocycles. The van der Waals surface area contributed by atoms with E-state index >= 15 is 0 Å². The number of hydrogen-bond acceptors (Lipinski definition) is 6. The summed E-state index contributed by atoms with van der Waals surface area (Å²) in [5.41, 5.74) is 1.84. The number of hydrogen-bond donors (Lipinski definition) is 2. The zero-order valence-corrected chi connectivity index (χ0v) is 14.3. The minimum Gasteiger partial charge on any atom is -0.459 e. The topological polar surface area (TPSA) is 93.2 Å². The van der Waals surface area contributed by atoms with Crippen LogP contribution in [-0.2, 0) is 6.54 Å². The molecule has 2 N–H and O–H groups in total. The molecule has 7 heteroatoms. The van der Waals surface area contributed by atoms with Gasteiger partial charge in [-0.25, -0.2) is 0 Å². The molecule has 1 atom stereocenters. The Kier molecular flexibility index (Phi) is 4.79. The van der Waals surface area contributed by atoms with E-state index in [-0.39, 0.29) is 12.5 Å². The van der Waals surface area contributed by atoms with Crippen molar-refractivity contribution in [2.75, 3.05) is 13.1 Å². The Hall–Kier alpha value is -2.93. The highest BCUT2D eigenvalue weighted by Crippen LogP contribution is 2.24. The molecule has 0 aliphatic carbocycles. The van der Waals surface area contributed by atoms with Gasteiger partial charge in [0.1, 0.15) is 0 Å². The molecule has 2 aromatic heterocycles. The van der Waals surface area contributed by atoms with Crippen LogP contribution in [0.15, 0.2) is 51.6 Å². The van der Waals surface area contributed by atoms with Gasteiger partial charge in [0.2, 0.25) is 0 Å². The van der Waals surface area contributed by atoms with Crippen LogP contribution < -0.4 is 10.6 Å². The van der Waals surface area contributed by atoms with E-state index in [9.17, 15) is 4.79 Å². The molecule has 1 saturated heterocycles. The summed E-state index contributed by atoms with van der Waals surface area (Å²) in [6.07, 6.45) is 3.85. The van der Waals surface area contributed by atoms with E-state index in [1.807, 2.05) is 18.2 Å². The van der Waals surface area contributed by atoms with Gasteiger partial charge >= 0.3 is 0 Å². The minimum atomic E-state index is -0.153. The Morgan fingerprint density at radius 1 is 1.31 bits per heavy atom. The fraction of sp³-hybridized carbons (Fsp3) is 0.316. The van der Waals surface area contributed by atoms with Gasteiger partial charge in [0.25, 0.3) is 11.8 Å². The quantitative estimate of drug-likeness (QED) is 0.733. The van der Waals surface area contributed by atoms with E-state index in [4.69, 9.17) is 8.94 Å². The molecule has 0 bridgehead atoms. The first kappa shape index (κ1) is 16.5. The molecule has 26 heavy (non-hydrogen) atoms. The summed E-state index contributed by atoms with van der Waals surface area (Å²) in [4.78, 5) is 16.7. The maximum atomic E-state index is 12.5. The first-order valence-corrected chi connectivity index (χ1v) is 8.75. The number of carbonyl (C=O) groups excluding carboxylic acids is 1. The Balaban J connectivity index is 1.39. The lowest BCUT2D eigenvalue weighted by Crippen LogP contribution is -2.28. The molecular weight excluding hydrogens is 332 g/mol. The maximum absolute atomic E-state index is 12.5. The predicted molar refractivity (Wildman–Crippen MR) is 94.5 cm³/mol. The van der Waals surface area contributed by atoms with Crippen molar-refractivity contribution < 1.29 is 13.7 Å². The van der Waals surface area contributed by atoms with Gasteiger partial charge < -0.3 is 19.6 Å². The Morgan fingerprint density at radius 2 is 2.27 bits per heavy atom. The van der Waals surface area contributed by atoms with Crippen LogP contribution in [0.5, 0.6) is 0 Å². The van der Waals surface area contributed by atoms with Crippen molar-refractivity contribution >= 4 is 5.91 Å². The molecule has 3 heterocycles. The molecule has 134 valence electrons. The van der Waals surface area contributed by atoms with Crippen molar-refractivity contribution in [3.63, 3.8) is 0 Å². The fourth-order valence-corrected chi connectivity index (χ4v) is 3.16. The van der Waals surface area contributed by atoms with Crippen molar-refractivity contribution in [1.29, 1.82) is 0 Å². The lowest BCUT2D eigenvalue weighted by atomic mass is 9.90. The highest BCUT2D eigenvalue weighted by Gasteiger charge is 2.17. The maximum Gasteiger partial charge on any atom is 0.293 e. The van der Waals surface area contributed by atoms with E-state index in [1.54, 1.807) is 12.1 Å². The third-order valence-corrected chi connectivity index (χ3v) is 4.52. The Labute approximate surface area is 150 Å². The van der Waals surface area contributed by atoms with Crippen LogP contribution in [0.2, 0.25) is 0 Å². The van der Waals surface area contributed by atoms with Crippen molar-refractivity contribution in [2.45, 2.75) is 25.3 Å². The van der Waals surface area contributed by atoms with Crippen molar-refractivity contribution in [3.05, 3.63) is 59.6 Å². The molecular formula is C19H20N4O3. The SMILES string of the molecule is O=C(NCc1noc(-c2ccco2)n1)c1cccc([C@@H]2CCCNC2)c1. The molecule has 0 unspecified atom stereocenters. The minimum absolute atomic E-state index is 0.153. The standard InChI is InChI=1S/C19H20N4O3/c24-18(14-5-1-4-13(10-14)15-6-2-8-20-11-15)21-12-17-22-19(26-23-17)16-7-3-9-25-16/h1,3-5,7,9-10,15,20H,2,6,8,11-12H2,(H,21,24)/t15-/m1/s1. The zero-order valence-electron chi connectivity index (χ0n) is 14.3. The normalized spacial score (nSPS) is 17.2. The van der Waals surface area contributed by atoms with Crippen molar-refractivity contribution in [3.8, 4) is 11.7 Å². The van der Waals surface area contributed by atoms with Crippen LogP contribution in [-0.4, -0.2) is 29.1 Å². The van der Waals surface area contributed by atoms with Gasteiger partial charge in [-0.05, 0) is 55.1 Å². The predicted octanol–water partition coefficient (Wildman–Crippen LogP) is 2.73.